The summed E-state index contributed by atoms with van der Waals surface area (Å²) in [4.78, 5) is 37.2. The normalized spacial score (nSPS) is 13.1. The summed E-state index contributed by atoms with van der Waals surface area (Å²) in [6.45, 7) is 4.59. The number of nitrogens with zero attached hydrogens (tertiary/aromatic N) is 1. The molecule has 0 saturated heterocycles. The predicted octanol–water partition coefficient (Wildman–Crippen LogP) is 16.2. The Bertz CT molecular complexity index is 1270. The van der Waals surface area contributed by atoms with Crippen molar-refractivity contribution in [1.82, 2.24) is 0 Å². The lowest BCUT2D eigenvalue weighted by molar-refractivity contribution is -0.889. The number of carboxylic acid groups (broad SMARTS) is 1. The van der Waals surface area contributed by atoms with E-state index in [0.29, 0.717) is 12.8 Å². The second-order valence-electron chi connectivity index (χ2n) is 20.8. The van der Waals surface area contributed by atoms with Gasteiger partial charge < -0.3 is 28.6 Å². The summed E-state index contributed by atoms with van der Waals surface area (Å²) >= 11 is 0. The van der Waals surface area contributed by atoms with Crippen molar-refractivity contribution in [2.24, 2.45) is 0 Å². The van der Waals surface area contributed by atoms with E-state index in [-0.39, 0.29) is 42.7 Å². The highest BCUT2D eigenvalue weighted by Crippen LogP contribution is 2.17. The second-order valence-corrected chi connectivity index (χ2v) is 20.8. The van der Waals surface area contributed by atoms with Crippen LogP contribution < -0.4 is 5.11 Å². The van der Waals surface area contributed by atoms with Crippen LogP contribution in [-0.2, 0) is 28.6 Å². The first-order valence-electron chi connectivity index (χ1n) is 29.2. The largest absolute Gasteiger partial charge is 0.544 e. The molecule has 0 aliphatic carbocycles. The van der Waals surface area contributed by atoms with Gasteiger partial charge in [-0.3, -0.25) is 9.59 Å². The first-order chi connectivity index (χ1) is 33.6. The molecule has 69 heavy (non-hydrogen) atoms. The Morgan fingerprint density at radius 1 is 0.449 bits per heavy atom. The van der Waals surface area contributed by atoms with Crippen LogP contribution >= 0.6 is 0 Å². The molecule has 0 spiro atoms. The van der Waals surface area contributed by atoms with Crippen molar-refractivity contribution < 1.29 is 38.2 Å². The fourth-order valence-electron chi connectivity index (χ4n) is 8.73. The maximum absolute atomic E-state index is 12.8. The van der Waals surface area contributed by atoms with Crippen molar-refractivity contribution >= 4 is 17.9 Å². The average Bonchev–Trinajstić information content (AvgIpc) is 3.31. The molecule has 0 N–H and O–H groups in total. The number of likely N-dealkylation sites (N-methyl/N-ethyl adjacent to an activating group) is 1. The van der Waals surface area contributed by atoms with Crippen LogP contribution in [0.2, 0.25) is 0 Å². The number of unbranched alkanes of at least 4 members (excludes halogenated alkanes) is 31. The third-order valence-electron chi connectivity index (χ3n) is 13.2. The zero-order valence-corrected chi connectivity index (χ0v) is 46.0. The Morgan fingerprint density at radius 2 is 0.812 bits per heavy atom. The first-order valence-corrected chi connectivity index (χ1v) is 29.2. The molecule has 0 aliphatic rings. The Balaban J connectivity index is 4.15. The molecular formula is C61H111NO7. The fraction of sp³-hybridized carbons (Fsp3) is 0.820. The van der Waals surface area contributed by atoms with Gasteiger partial charge in [-0.15, -0.1) is 0 Å². The molecule has 0 radical (unpaired) electrons. The van der Waals surface area contributed by atoms with Gasteiger partial charge in [0.1, 0.15) is 12.6 Å². The minimum Gasteiger partial charge on any atom is -0.544 e. The van der Waals surface area contributed by atoms with Crippen LogP contribution in [0.1, 0.15) is 271 Å². The Hall–Kier alpha value is -2.71. The van der Waals surface area contributed by atoms with E-state index in [1.54, 1.807) is 0 Å². The molecular weight excluding hydrogens is 859 g/mol. The predicted molar refractivity (Wildman–Crippen MR) is 291 cm³/mol. The molecule has 0 fully saturated rings. The summed E-state index contributed by atoms with van der Waals surface area (Å²) in [6, 6.07) is -0.728. The van der Waals surface area contributed by atoms with Crippen LogP contribution in [0.4, 0.5) is 0 Å². The Kier molecular flexibility index (Phi) is 49.6. The topological polar surface area (TPSA) is 102 Å². The van der Waals surface area contributed by atoms with Crippen LogP contribution in [-0.4, -0.2) is 75.5 Å². The van der Waals surface area contributed by atoms with E-state index in [9.17, 15) is 19.5 Å². The van der Waals surface area contributed by atoms with Gasteiger partial charge in [-0.2, -0.15) is 0 Å². The average molecular weight is 971 g/mol. The van der Waals surface area contributed by atoms with E-state index in [2.05, 4.69) is 62.5 Å². The van der Waals surface area contributed by atoms with Gasteiger partial charge in [-0.05, 0) is 70.6 Å². The van der Waals surface area contributed by atoms with E-state index in [1.165, 1.54) is 180 Å². The molecule has 402 valence electrons. The van der Waals surface area contributed by atoms with Crippen LogP contribution in [0.5, 0.6) is 0 Å². The van der Waals surface area contributed by atoms with E-state index in [1.807, 2.05) is 21.1 Å². The van der Waals surface area contributed by atoms with Crippen molar-refractivity contribution in [2.75, 3.05) is 41.0 Å². The molecule has 0 saturated carbocycles. The van der Waals surface area contributed by atoms with Crippen molar-refractivity contribution in [2.45, 2.75) is 283 Å². The minimum atomic E-state index is -1.12. The van der Waals surface area contributed by atoms with Crippen molar-refractivity contribution in [3.05, 3.63) is 48.6 Å². The molecule has 0 bridgehead atoms. The van der Waals surface area contributed by atoms with E-state index >= 15 is 0 Å². The second kappa shape index (κ2) is 51.6. The van der Waals surface area contributed by atoms with Crippen molar-refractivity contribution in [3.63, 3.8) is 0 Å². The lowest BCUT2D eigenvalue weighted by Crippen LogP contribution is -2.55. The van der Waals surface area contributed by atoms with Crippen molar-refractivity contribution in [3.8, 4) is 0 Å². The van der Waals surface area contributed by atoms with Gasteiger partial charge in [0.2, 0.25) is 0 Å². The molecule has 2 unspecified atom stereocenters. The van der Waals surface area contributed by atoms with Gasteiger partial charge in [0, 0.05) is 19.3 Å². The summed E-state index contributed by atoms with van der Waals surface area (Å²) in [5.74, 6) is -1.73. The van der Waals surface area contributed by atoms with Gasteiger partial charge in [0.15, 0.2) is 6.10 Å². The number of allylic oxidation sites excluding steroid dienone is 8. The summed E-state index contributed by atoms with van der Waals surface area (Å²) in [5, 5.41) is 11.7. The highest BCUT2D eigenvalue weighted by atomic mass is 16.6. The summed E-state index contributed by atoms with van der Waals surface area (Å²) in [5.41, 5.74) is 0. The first kappa shape index (κ1) is 66.3. The van der Waals surface area contributed by atoms with Gasteiger partial charge >= 0.3 is 11.9 Å². The molecule has 0 heterocycles. The van der Waals surface area contributed by atoms with Crippen LogP contribution in [0.25, 0.3) is 0 Å². The standard InChI is InChI=1S/C61H111NO7/c1-6-8-10-12-14-16-18-20-22-24-26-28-30-32-33-35-37-39-41-43-45-47-49-51-59(63)68-56-57(55-67-54-53-58(61(65)66)62(3,4)5)69-60(64)52-50-48-46-44-42-40-38-36-34-31-29-27-25-23-21-19-17-15-13-11-9-7-2/h8,10,14,16,20,22,31,34,57-58H,6-7,9,11-13,15,17-19,21,23-30,32-33,35-56H2,1-5H3/b10-8+,16-14+,22-20+,34-31+. The zero-order valence-electron chi connectivity index (χ0n) is 46.0. The van der Waals surface area contributed by atoms with Crippen LogP contribution in [0.3, 0.4) is 0 Å². The number of esters is 2. The summed E-state index contributed by atoms with van der Waals surface area (Å²) in [7, 11) is 5.43. The number of rotatable bonds is 53. The highest BCUT2D eigenvalue weighted by Gasteiger charge is 2.25. The molecule has 0 amide bonds. The number of carbonyl (C=O) groups excluding carboxylic acids is 3. The number of ether oxygens (including phenoxy) is 3. The monoisotopic (exact) mass is 970 g/mol. The number of quaternary nitrogens is 1. The molecule has 0 aromatic heterocycles. The van der Waals surface area contributed by atoms with Crippen molar-refractivity contribution in [1.29, 1.82) is 0 Å². The Labute approximate surface area is 426 Å². The maximum Gasteiger partial charge on any atom is 0.306 e. The number of hydrogen-bond donors (Lipinski definition) is 0. The molecule has 2 atom stereocenters. The number of carboxylic acids is 1. The number of hydrogen-bond acceptors (Lipinski definition) is 7. The van der Waals surface area contributed by atoms with Gasteiger partial charge in [-0.25, -0.2) is 0 Å². The molecule has 0 rings (SSSR count). The molecule has 0 aromatic rings. The number of aliphatic carboxylic acids is 1. The molecule has 0 aliphatic heterocycles. The van der Waals surface area contributed by atoms with Crippen LogP contribution in [0.15, 0.2) is 48.6 Å². The minimum absolute atomic E-state index is 0.0404. The summed E-state index contributed by atoms with van der Waals surface area (Å²) in [6.07, 6.45) is 64.4. The van der Waals surface area contributed by atoms with E-state index < -0.39 is 18.1 Å². The maximum atomic E-state index is 12.8. The lowest BCUT2D eigenvalue weighted by atomic mass is 10.0. The molecule has 8 nitrogen and oxygen atoms in total. The van der Waals surface area contributed by atoms with Gasteiger partial charge in [0.25, 0.3) is 0 Å². The SMILES string of the molecule is CC/C=C/C/C=C/C/C=C/CCCCCCCCCCCCCCCC(=O)OCC(COCCC(C(=O)[O-])[N+](C)(C)C)OC(=O)CCCCCCCCC/C=C/CCCCCCCCCCCCC. The third kappa shape index (κ3) is 50.0. The van der Waals surface area contributed by atoms with E-state index in [0.717, 1.165) is 57.8 Å². The smallest absolute Gasteiger partial charge is 0.306 e. The third-order valence-corrected chi connectivity index (χ3v) is 13.2. The zero-order chi connectivity index (χ0) is 50.6. The van der Waals surface area contributed by atoms with Crippen LogP contribution in [0, 0.1) is 0 Å². The molecule has 0 aromatic carbocycles. The highest BCUT2D eigenvalue weighted by molar-refractivity contribution is 5.70. The van der Waals surface area contributed by atoms with Gasteiger partial charge in [-0.1, -0.05) is 229 Å². The van der Waals surface area contributed by atoms with E-state index in [4.69, 9.17) is 14.2 Å². The van der Waals surface area contributed by atoms with Gasteiger partial charge in [0.05, 0.1) is 40.3 Å². The lowest BCUT2D eigenvalue weighted by Gasteiger charge is -2.34. The molecule has 8 heteroatoms. The summed E-state index contributed by atoms with van der Waals surface area (Å²) < 4.78 is 17.3. The quantitative estimate of drug-likeness (QED) is 0.0259. The fourth-order valence-corrected chi connectivity index (χ4v) is 8.73. The number of carbonyl (C=O) groups is 3. The Morgan fingerprint density at radius 3 is 1.22 bits per heavy atom.